The van der Waals surface area contributed by atoms with Crippen molar-refractivity contribution in [3.8, 4) is 11.5 Å². The molecule has 1 saturated carbocycles. The molecule has 1 heterocycles. The second-order valence-corrected chi connectivity index (χ2v) is 7.25. The number of ether oxygens (including phenoxy) is 2. The van der Waals surface area contributed by atoms with Crippen LogP contribution in [0.4, 0.5) is 0 Å². The molecule has 8 nitrogen and oxygen atoms in total. The quantitative estimate of drug-likeness (QED) is 0.675. The predicted molar refractivity (Wildman–Crippen MR) is 113 cm³/mol. The van der Waals surface area contributed by atoms with Crippen LogP contribution in [-0.2, 0) is 17.8 Å². The van der Waals surface area contributed by atoms with Gasteiger partial charge in [0.1, 0.15) is 12.4 Å². The maximum Gasteiger partial charge on any atom is 0.242 e. The van der Waals surface area contributed by atoms with E-state index < -0.39 is 0 Å². The number of hydrogen-bond acceptors (Lipinski definition) is 6. The monoisotopic (exact) mass is 423 g/mol. The van der Waals surface area contributed by atoms with E-state index in [0.717, 1.165) is 18.4 Å². The number of nitrogens with one attached hydrogen (secondary N) is 1. The molecule has 1 aromatic heterocycles. The number of halogens is 1. The van der Waals surface area contributed by atoms with E-state index in [9.17, 15) is 4.79 Å². The molecular formula is C20H30ClN5O3. The van der Waals surface area contributed by atoms with Crippen molar-refractivity contribution in [1.82, 2.24) is 20.1 Å². The van der Waals surface area contributed by atoms with Crippen molar-refractivity contribution in [3.63, 3.8) is 0 Å². The highest BCUT2D eigenvalue weighted by Gasteiger charge is 2.20. The van der Waals surface area contributed by atoms with Crippen LogP contribution in [0.15, 0.2) is 18.2 Å². The van der Waals surface area contributed by atoms with Crippen molar-refractivity contribution in [3.05, 3.63) is 35.4 Å². The smallest absolute Gasteiger partial charge is 0.242 e. The minimum atomic E-state index is -0.314. The third-order valence-electron chi connectivity index (χ3n) is 4.98. The summed E-state index contributed by atoms with van der Waals surface area (Å²) in [5.41, 5.74) is 7.04. The number of carbonyl (C=O) groups is 1. The Labute approximate surface area is 177 Å². The first-order valence-electron chi connectivity index (χ1n) is 9.69. The highest BCUT2D eigenvalue weighted by molar-refractivity contribution is 5.85. The molecular weight excluding hydrogens is 394 g/mol. The molecule has 1 aliphatic rings. The molecule has 160 valence electrons. The fourth-order valence-electron chi connectivity index (χ4n) is 3.58. The lowest BCUT2D eigenvalue weighted by Gasteiger charge is -2.13. The van der Waals surface area contributed by atoms with Crippen LogP contribution in [0.1, 0.15) is 55.9 Å². The first-order chi connectivity index (χ1) is 13.5. The van der Waals surface area contributed by atoms with Gasteiger partial charge in [-0.2, -0.15) is 5.10 Å². The number of aromatic nitrogens is 3. The summed E-state index contributed by atoms with van der Waals surface area (Å²) in [7, 11) is 3.21. The minimum Gasteiger partial charge on any atom is -0.493 e. The summed E-state index contributed by atoms with van der Waals surface area (Å²) in [5.74, 6) is 2.51. The van der Waals surface area contributed by atoms with E-state index in [0.29, 0.717) is 29.6 Å². The van der Waals surface area contributed by atoms with Crippen LogP contribution in [0.5, 0.6) is 11.5 Å². The van der Waals surface area contributed by atoms with Gasteiger partial charge in [0.25, 0.3) is 0 Å². The Morgan fingerprint density at radius 1 is 1.28 bits per heavy atom. The molecule has 0 aliphatic heterocycles. The Balaban J connectivity index is 0.00000300. The molecule has 0 unspecified atom stereocenters. The topological polar surface area (TPSA) is 104 Å². The van der Waals surface area contributed by atoms with Gasteiger partial charge >= 0.3 is 0 Å². The number of carbonyl (C=O) groups excluding carboxylic acids is 1. The van der Waals surface area contributed by atoms with Crippen molar-refractivity contribution >= 4 is 18.3 Å². The Morgan fingerprint density at radius 3 is 2.59 bits per heavy atom. The summed E-state index contributed by atoms with van der Waals surface area (Å²) in [4.78, 5) is 17.0. The normalized spacial score (nSPS) is 14.9. The van der Waals surface area contributed by atoms with Gasteiger partial charge in [0, 0.05) is 12.5 Å². The van der Waals surface area contributed by atoms with Gasteiger partial charge in [-0.05, 0) is 37.5 Å². The van der Waals surface area contributed by atoms with Crippen molar-refractivity contribution in [2.75, 3.05) is 14.2 Å². The van der Waals surface area contributed by atoms with Crippen molar-refractivity contribution in [2.45, 2.75) is 57.7 Å². The predicted octanol–water partition coefficient (Wildman–Crippen LogP) is 2.39. The zero-order valence-electron chi connectivity index (χ0n) is 17.2. The number of nitrogens with zero attached hydrogens (tertiary/aromatic N) is 3. The van der Waals surface area contributed by atoms with Gasteiger partial charge in [0.2, 0.25) is 5.91 Å². The van der Waals surface area contributed by atoms with E-state index in [1.165, 1.54) is 12.8 Å². The SMILES string of the molecule is COc1ccc(Cc2nc([C@@H](C)N)n(CC(=O)NC3CCCC3)n2)cc1OC.Cl. The molecule has 9 heteroatoms. The molecule has 1 fully saturated rings. The van der Waals surface area contributed by atoms with Crippen molar-refractivity contribution < 1.29 is 14.3 Å². The number of nitrogens with two attached hydrogens (primary N) is 1. The van der Waals surface area contributed by atoms with Gasteiger partial charge in [0.05, 0.1) is 20.3 Å². The van der Waals surface area contributed by atoms with Gasteiger partial charge < -0.3 is 20.5 Å². The number of amides is 1. The molecule has 1 aliphatic carbocycles. The number of hydrogen-bond donors (Lipinski definition) is 2. The number of rotatable bonds is 8. The minimum absolute atomic E-state index is 0. The van der Waals surface area contributed by atoms with Gasteiger partial charge in [-0.25, -0.2) is 9.67 Å². The zero-order valence-corrected chi connectivity index (χ0v) is 18.0. The van der Waals surface area contributed by atoms with Crippen LogP contribution in [0, 0.1) is 0 Å². The fourth-order valence-corrected chi connectivity index (χ4v) is 3.58. The molecule has 0 saturated heterocycles. The van der Waals surface area contributed by atoms with E-state index in [1.54, 1.807) is 18.9 Å². The van der Waals surface area contributed by atoms with Crippen LogP contribution in [0.25, 0.3) is 0 Å². The Bertz CT molecular complexity index is 818. The summed E-state index contributed by atoms with van der Waals surface area (Å²) in [6.07, 6.45) is 4.96. The maximum absolute atomic E-state index is 12.4. The Kier molecular flexibility index (Phi) is 8.28. The highest BCUT2D eigenvalue weighted by atomic mass is 35.5. The molecule has 3 rings (SSSR count). The third-order valence-corrected chi connectivity index (χ3v) is 4.98. The largest absolute Gasteiger partial charge is 0.493 e. The summed E-state index contributed by atoms with van der Waals surface area (Å²) in [6, 6.07) is 5.66. The maximum atomic E-state index is 12.4. The molecule has 1 aromatic carbocycles. The second-order valence-electron chi connectivity index (χ2n) is 7.25. The second kappa shape index (κ2) is 10.5. The number of benzene rings is 1. The highest BCUT2D eigenvalue weighted by Crippen LogP contribution is 2.28. The summed E-state index contributed by atoms with van der Waals surface area (Å²) in [6.45, 7) is 1.97. The molecule has 0 radical (unpaired) electrons. The van der Waals surface area contributed by atoms with Crippen LogP contribution >= 0.6 is 12.4 Å². The molecule has 1 amide bonds. The van der Waals surface area contributed by atoms with Crippen LogP contribution in [0.2, 0.25) is 0 Å². The standard InChI is InChI=1S/C20H29N5O3.ClH/c1-13(21)20-23-18(11-14-8-9-16(27-2)17(10-14)28-3)24-25(20)12-19(26)22-15-6-4-5-7-15;/h8-10,13,15H,4-7,11-12,21H2,1-3H3,(H,22,26);1H/t13-;/m1./s1. The Morgan fingerprint density at radius 2 is 1.97 bits per heavy atom. The lowest BCUT2D eigenvalue weighted by molar-refractivity contribution is -0.122. The molecule has 0 bridgehead atoms. The van der Waals surface area contributed by atoms with E-state index in [1.807, 2.05) is 25.1 Å². The molecule has 2 aromatic rings. The van der Waals surface area contributed by atoms with E-state index in [-0.39, 0.29) is 36.9 Å². The molecule has 0 spiro atoms. The summed E-state index contributed by atoms with van der Waals surface area (Å²) < 4.78 is 12.2. The average Bonchev–Trinajstić information content (AvgIpc) is 3.31. The summed E-state index contributed by atoms with van der Waals surface area (Å²) >= 11 is 0. The zero-order chi connectivity index (χ0) is 20.1. The van der Waals surface area contributed by atoms with Gasteiger partial charge in [-0.3, -0.25) is 4.79 Å². The average molecular weight is 424 g/mol. The first-order valence-corrected chi connectivity index (χ1v) is 9.69. The van der Waals surface area contributed by atoms with E-state index >= 15 is 0 Å². The fraction of sp³-hybridized carbons (Fsp3) is 0.550. The van der Waals surface area contributed by atoms with Crippen LogP contribution < -0.4 is 20.5 Å². The third kappa shape index (κ3) is 5.83. The van der Waals surface area contributed by atoms with Gasteiger partial charge in [-0.15, -0.1) is 12.4 Å². The lowest BCUT2D eigenvalue weighted by Crippen LogP contribution is -2.36. The first kappa shape index (κ1) is 23.0. The lowest BCUT2D eigenvalue weighted by atomic mass is 10.1. The molecule has 3 N–H and O–H groups in total. The molecule has 29 heavy (non-hydrogen) atoms. The Hall–Kier alpha value is -2.32. The van der Waals surface area contributed by atoms with Crippen LogP contribution in [0.3, 0.4) is 0 Å². The van der Waals surface area contributed by atoms with Crippen molar-refractivity contribution in [1.29, 1.82) is 0 Å². The molecule has 1 atom stereocenters. The van der Waals surface area contributed by atoms with Gasteiger partial charge in [-0.1, -0.05) is 18.9 Å². The van der Waals surface area contributed by atoms with E-state index in [2.05, 4.69) is 15.4 Å². The van der Waals surface area contributed by atoms with Crippen LogP contribution in [-0.4, -0.2) is 40.9 Å². The van der Waals surface area contributed by atoms with E-state index in [4.69, 9.17) is 15.2 Å². The summed E-state index contributed by atoms with van der Waals surface area (Å²) in [5, 5.41) is 7.61. The number of methoxy groups -OCH3 is 2. The van der Waals surface area contributed by atoms with Gasteiger partial charge in [0.15, 0.2) is 17.3 Å². The van der Waals surface area contributed by atoms with Crippen molar-refractivity contribution in [2.24, 2.45) is 5.73 Å².